The Morgan fingerprint density at radius 1 is 1.00 bits per heavy atom. The van der Waals surface area contributed by atoms with E-state index in [1.165, 1.54) is 14.0 Å². The van der Waals surface area contributed by atoms with Gasteiger partial charge in [-0.15, -0.1) is 0 Å². The number of nitrogens with zero attached hydrogens (tertiary/aromatic N) is 3. The minimum atomic E-state index is -0.518. The molecule has 2 atom stereocenters. The predicted molar refractivity (Wildman–Crippen MR) is 148 cm³/mol. The van der Waals surface area contributed by atoms with Crippen LogP contribution in [0.5, 0.6) is 5.75 Å². The van der Waals surface area contributed by atoms with Gasteiger partial charge in [0.25, 0.3) is 0 Å². The number of likely N-dealkylation sites (tertiary alicyclic amines) is 1. The lowest BCUT2D eigenvalue weighted by Gasteiger charge is -2.45. The Hall–Kier alpha value is -3.10. The highest BCUT2D eigenvalue weighted by Crippen LogP contribution is 2.26. The van der Waals surface area contributed by atoms with Gasteiger partial charge in [0, 0.05) is 33.1 Å². The van der Waals surface area contributed by atoms with Gasteiger partial charge in [0.1, 0.15) is 17.8 Å². The lowest BCUT2D eigenvalue weighted by molar-refractivity contribution is -0.159. The summed E-state index contributed by atoms with van der Waals surface area (Å²) < 4.78 is 10.7. The van der Waals surface area contributed by atoms with Crippen molar-refractivity contribution >= 4 is 23.7 Å². The van der Waals surface area contributed by atoms with Crippen molar-refractivity contribution in [3.05, 3.63) is 29.8 Å². The van der Waals surface area contributed by atoms with Gasteiger partial charge in [-0.05, 0) is 61.6 Å². The molecule has 1 aromatic carbocycles. The third kappa shape index (κ3) is 7.96. The van der Waals surface area contributed by atoms with Gasteiger partial charge in [0.05, 0.1) is 19.3 Å². The van der Waals surface area contributed by atoms with Crippen molar-refractivity contribution in [2.24, 2.45) is 17.8 Å². The van der Waals surface area contributed by atoms with E-state index in [0.29, 0.717) is 56.9 Å². The summed E-state index contributed by atoms with van der Waals surface area (Å²) >= 11 is 0. The van der Waals surface area contributed by atoms with Crippen LogP contribution in [-0.4, -0.2) is 90.4 Å². The molecule has 2 fully saturated rings. The second kappa shape index (κ2) is 13.8. The number of ether oxygens (including phenoxy) is 2. The highest BCUT2D eigenvalue weighted by Gasteiger charge is 2.42. The van der Waals surface area contributed by atoms with Gasteiger partial charge in [-0.2, -0.15) is 0 Å². The molecule has 3 amide bonds. The zero-order valence-electron chi connectivity index (χ0n) is 24.4. The van der Waals surface area contributed by atoms with Crippen LogP contribution >= 0.6 is 0 Å². The van der Waals surface area contributed by atoms with Crippen LogP contribution in [0.4, 0.5) is 0 Å². The molecule has 0 N–H and O–H groups in total. The van der Waals surface area contributed by atoms with Gasteiger partial charge in [-0.25, -0.2) is 4.79 Å². The molecule has 0 bridgehead atoms. The van der Waals surface area contributed by atoms with Gasteiger partial charge >= 0.3 is 5.97 Å². The zero-order chi connectivity index (χ0) is 28.7. The molecule has 2 unspecified atom stereocenters. The first kappa shape index (κ1) is 30.4. The molecule has 2 aliphatic heterocycles. The Morgan fingerprint density at radius 2 is 1.69 bits per heavy atom. The van der Waals surface area contributed by atoms with Gasteiger partial charge in [-0.3, -0.25) is 14.4 Å². The maximum absolute atomic E-state index is 13.8. The van der Waals surface area contributed by atoms with E-state index in [-0.39, 0.29) is 35.5 Å². The van der Waals surface area contributed by atoms with Crippen LogP contribution in [0, 0.1) is 17.8 Å². The number of carbonyl (C=O) groups is 4. The Kier molecular flexibility index (Phi) is 10.8. The fourth-order valence-electron chi connectivity index (χ4n) is 5.55. The maximum atomic E-state index is 13.8. The zero-order valence-corrected chi connectivity index (χ0v) is 24.4. The molecule has 1 aromatic rings. The summed E-state index contributed by atoms with van der Waals surface area (Å²) in [5.74, 6) is 0.796. The number of benzene rings is 1. The summed E-state index contributed by atoms with van der Waals surface area (Å²) in [5, 5.41) is 0. The summed E-state index contributed by atoms with van der Waals surface area (Å²) in [6.07, 6.45) is 2.79. The van der Waals surface area contributed by atoms with Crippen molar-refractivity contribution in [2.75, 3.05) is 39.9 Å². The Bertz CT molecular complexity index is 1020. The molecule has 2 heterocycles. The van der Waals surface area contributed by atoms with E-state index in [1.807, 2.05) is 24.8 Å². The molecule has 9 heteroatoms. The fourth-order valence-corrected chi connectivity index (χ4v) is 5.55. The maximum Gasteiger partial charge on any atom is 0.337 e. The SMILES string of the molecule is COC(=O)c1cccc(OCC2CCN(C(=O)C(CC(C)C)N3CCN(C(C)=O)C(CC(C)C)C3=O)CC2)c1. The molecule has 9 nitrogen and oxygen atoms in total. The van der Waals surface area contributed by atoms with Crippen molar-refractivity contribution in [1.29, 1.82) is 0 Å². The summed E-state index contributed by atoms with van der Waals surface area (Å²) in [4.78, 5) is 56.8. The number of hydrogen-bond acceptors (Lipinski definition) is 6. The molecular formula is C30H45N3O6. The number of amides is 3. The minimum Gasteiger partial charge on any atom is -0.493 e. The molecule has 39 heavy (non-hydrogen) atoms. The van der Waals surface area contributed by atoms with E-state index in [4.69, 9.17) is 9.47 Å². The number of rotatable bonds is 10. The standard InChI is InChI=1S/C30H45N3O6/c1-20(2)16-26(33-15-14-32(22(5)34)27(29(33)36)17-21(3)4)28(35)31-12-10-23(11-13-31)19-39-25-9-7-8-24(18-25)30(37)38-6/h7-9,18,20-21,23,26-27H,10-17,19H2,1-6H3. The summed E-state index contributed by atoms with van der Waals surface area (Å²) in [6, 6.07) is 5.91. The minimum absolute atomic E-state index is 0.00164. The van der Waals surface area contributed by atoms with Crippen molar-refractivity contribution in [2.45, 2.75) is 72.4 Å². The fraction of sp³-hybridized carbons (Fsp3) is 0.667. The van der Waals surface area contributed by atoms with Gasteiger partial charge in [0.15, 0.2) is 0 Å². The molecule has 0 spiro atoms. The summed E-state index contributed by atoms with van der Waals surface area (Å²) in [7, 11) is 1.35. The van der Waals surface area contributed by atoms with Crippen LogP contribution in [-0.2, 0) is 19.1 Å². The Labute approximate surface area is 232 Å². The number of methoxy groups -OCH3 is 1. The normalized spacial score (nSPS) is 19.4. The molecule has 3 rings (SSSR count). The average Bonchev–Trinajstić information content (AvgIpc) is 2.91. The Morgan fingerprint density at radius 3 is 2.28 bits per heavy atom. The number of hydrogen-bond donors (Lipinski definition) is 0. The number of piperazine rings is 1. The van der Waals surface area contributed by atoms with Gasteiger partial charge < -0.3 is 24.2 Å². The van der Waals surface area contributed by atoms with Gasteiger partial charge in [-0.1, -0.05) is 33.8 Å². The number of carbonyl (C=O) groups excluding carboxylic acids is 4. The largest absolute Gasteiger partial charge is 0.493 e. The molecular weight excluding hydrogens is 498 g/mol. The van der Waals surface area contributed by atoms with Crippen LogP contribution in [0.15, 0.2) is 24.3 Å². The third-order valence-electron chi connectivity index (χ3n) is 7.65. The smallest absolute Gasteiger partial charge is 0.337 e. The molecule has 0 aliphatic carbocycles. The van der Waals surface area contributed by atoms with Crippen molar-refractivity contribution in [3.63, 3.8) is 0 Å². The highest BCUT2D eigenvalue weighted by molar-refractivity contribution is 5.93. The molecule has 2 saturated heterocycles. The number of esters is 1. The second-order valence-corrected chi connectivity index (χ2v) is 11.6. The second-order valence-electron chi connectivity index (χ2n) is 11.6. The quantitative estimate of drug-likeness (QED) is 0.419. The predicted octanol–water partition coefficient (Wildman–Crippen LogP) is 3.61. The van der Waals surface area contributed by atoms with Crippen LogP contribution < -0.4 is 4.74 Å². The lowest BCUT2D eigenvalue weighted by atomic mass is 9.93. The summed E-state index contributed by atoms with van der Waals surface area (Å²) in [6.45, 7) is 12.3. The van der Waals surface area contributed by atoms with E-state index >= 15 is 0 Å². The van der Waals surface area contributed by atoms with E-state index in [0.717, 1.165) is 12.8 Å². The lowest BCUT2D eigenvalue weighted by Crippen LogP contribution is -2.63. The van der Waals surface area contributed by atoms with Crippen molar-refractivity contribution < 1.29 is 28.7 Å². The van der Waals surface area contributed by atoms with E-state index in [9.17, 15) is 19.2 Å². The van der Waals surface area contributed by atoms with E-state index in [1.54, 1.807) is 28.0 Å². The third-order valence-corrected chi connectivity index (χ3v) is 7.65. The van der Waals surface area contributed by atoms with E-state index < -0.39 is 18.1 Å². The summed E-state index contributed by atoms with van der Waals surface area (Å²) in [5.41, 5.74) is 0.445. The van der Waals surface area contributed by atoms with Crippen molar-refractivity contribution in [3.8, 4) is 5.75 Å². The monoisotopic (exact) mass is 543 g/mol. The topological polar surface area (TPSA) is 96.5 Å². The van der Waals surface area contributed by atoms with Crippen LogP contribution in [0.1, 0.15) is 70.7 Å². The molecule has 2 aliphatic rings. The highest BCUT2D eigenvalue weighted by atomic mass is 16.5. The molecule has 0 saturated carbocycles. The first-order valence-corrected chi connectivity index (χ1v) is 14.2. The Balaban J connectivity index is 1.62. The van der Waals surface area contributed by atoms with Crippen LogP contribution in [0.25, 0.3) is 0 Å². The average molecular weight is 544 g/mol. The first-order chi connectivity index (χ1) is 18.5. The van der Waals surface area contributed by atoms with Crippen molar-refractivity contribution in [1.82, 2.24) is 14.7 Å². The van der Waals surface area contributed by atoms with Crippen LogP contribution in [0.2, 0.25) is 0 Å². The van der Waals surface area contributed by atoms with E-state index in [2.05, 4.69) is 13.8 Å². The molecule has 0 radical (unpaired) electrons. The molecule has 0 aromatic heterocycles. The van der Waals surface area contributed by atoms with Crippen LogP contribution in [0.3, 0.4) is 0 Å². The molecule has 216 valence electrons. The first-order valence-electron chi connectivity index (χ1n) is 14.2. The van der Waals surface area contributed by atoms with Gasteiger partial charge in [0.2, 0.25) is 17.7 Å². The number of piperidine rings is 1.